The van der Waals surface area contributed by atoms with E-state index >= 15 is 0 Å². The highest BCUT2D eigenvalue weighted by Gasteiger charge is 2.24. The molecule has 0 fully saturated rings. The molecule has 0 saturated heterocycles. The number of benzene rings is 2. The molecule has 0 spiro atoms. The number of amides is 1. The molecule has 0 saturated carbocycles. The maximum absolute atomic E-state index is 13.1. The lowest BCUT2D eigenvalue weighted by molar-refractivity contribution is 0.0939. The first-order chi connectivity index (χ1) is 15.2. The Bertz CT molecular complexity index is 1390. The van der Waals surface area contributed by atoms with E-state index in [2.05, 4.69) is 25.6 Å². The largest absolute Gasteiger partial charge is 0.344 e. The van der Waals surface area contributed by atoms with Crippen LogP contribution >= 0.6 is 11.6 Å². The van der Waals surface area contributed by atoms with E-state index in [0.29, 0.717) is 16.2 Å². The number of aromatic amines is 1. The topological polar surface area (TPSA) is 114 Å². The number of H-pyrrole nitrogens is 1. The molecule has 3 aromatic heterocycles. The van der Waals surface area contributed by atoms with Crippen LogP contribution in [-0.2, 0) is 0 Å². The highest BCUT2D eigenvalue weighted by atomic mass is 35.5. The van der Waals surface area contributed by atoms with Gasteiger partial charge in [0, 0.05) is 29.9 Å². The van der Waals surface area contributed by atoms with Crippen molar-refractivity contribution in [3.05, 3.63) is 83.4 Å². The summed E-state index contributed by atoms with van der Waals surface area (Å²) in [6.07, 6.45) is 6.54. The van der Waals surface area contributed by atoms with Crippen LogP contribution in [0.5, 0.6) is 0 Å². The zero-order valence-electron chi connectivity index (χ0n) is 16.3. The molecule has 0 aliphatic heterocycles. The summed E-state index contributed by atoms with van der Waals surface area (Å²) in [7, 11) is 0. The third-order valence-corrected chi connectivity index (χ3v) is 5.53. The number of carbonyl (C=O) groups is 1. The normalized spacial score (nSPS) is 12.3. The fraction of sp³-hybridized carbons (Fsp3) is 0.0909. The van der Waals surface area contributed by atoms with Gasteiger partial charge in [0.15, 0.2) is 5.65 Å². The summed E-state index contributed by atoms with van der Waals surface area (Å²) in [6.45, 7) is 0.175. The quantitative estimate of drug-likeness (QED) is 0.395. The number of hydrogen-bond acceptors (Lipinski definition) is 5. The van der Waals surface area contributed by atoms with Crippen molar-refractivity contribution in [1.29, 1.82) is 0 Å². The van der Waals surface area contributed by atoms with Gasteiger partial charge in [-0.05, 0) is 23.3 Å². The predicted molar refractivity (Wildman–Crippen MR) is 119 cm³/mol. The lowest BCUT2D eigenvalue weighted by Crippen LogP contribution is -2.33. The zero-order valence-corrected chi connectivity index (χ0v) is 17.0. The first kappa shape index (κ1) is 19.2. The fourth-order valence-corrected chi connectivity index (χ4v) is 4.03. The number of nitrogens with two attached hydrogens (primary N) is 1. The lowest BCUT2D eigenvalue weighted by Gasteiger charge is -2.22. The van der Waals surface area contributed by atoms with Gasteiger partial charge in [-0.3, -0.25) is 9.89 Å². The SMILES string of the molecule is NCC(NC(=O)c1cnn2cccnc12)c1cc(Cl)c2cn[nH]c2c1-c1ccccc1. The van der Waals surface area contributed by atoms with Crippen LogP contribution in [0.15, 0.2) is 67.3 Å². The van der Waals surface area contributed by atoms with Gasteiger partial charge in [0.1, 0.15) is 5.56 Å². The molecule has 1 amide bonds. The molecule has 5 aromatic rings. The van der Waals surface area contributed by atoms with Crippen LogP contribution in [0.3, 0.4) is 0 Å². The maximum atomic E-state index is 13.1. The van der Waals surface area contributed by atoms with Crippen molar-refractivity contribution in [1.82, 2.24) is 30.1 Å². The molecular formula is C22H18ClN7O. The van der Waals surface area contributed by atoms with E-state index in [1.165, 1.54) is 6.20 Å². The minimum Gasteiger partial charge on any atom is -0.344 e. The van der Waals surface area contributed by atoms with Crippen LogP contribution in [0.1, 0.15) is 22.0 Å². The molecule has 2 aromatic carbocycles. The van der Waals surface area contributed by atoms with Gasteiger partial charge >= 0.3 is 0 Å². The number of nitrogens with one attached hydrogen (secondary N) is 2. The summed E-state index contributed by atoms with van der Waals surface area (Å²) in [5.74, 6) is -0.316. The highest BCUT2D eigenvalue weighted by molar-refractivity contribution is 6.36. The van der Waals surface area contributed by atoms with Crippen LogP contribution in [0.4, 0.5) is 0 Å². The van der Waals surface area contributed by atoms with Gasteiger partial charge in [-0.25, -0.2) is 9.50 Å². The van der Waals surface area contributed by atoms with Crippen molar-refractivity contribution in [2.75, 3.05) is 6.54 Å². The average molecular weight is 432 g/mol. The zero-order chi connectivity index (χ0) is 21.4. The molecule has 154 valence electrons. The summed E-state index contributed by atoms with van der Waals surface area (Å²) in [5.41, 5.74) is 10.4. The average Bonchev–Trinajstić information content (AvgIpc) is 3.45. The molecule has 0 aliphatic rings. The Balaban J connectivity index is 1.61. The van der Waals surface area contributed by atoms with E-state index in [0.717, 1.165) is 27.6 Å². The number of nitrogens with zero attached hydrogens (tertiary/aromatic N) is 4. The number of aromatic nitrogens is 5. The van der Waals surface area contributed by atoms with Crippen molar-refractivity contribution < 1.29 is 4.79 Å². The molecule has 0 radical (unpaired) electrons. The van der Waals surface area contributed by atoms with Crippen molar-refractivity contribution in [3.8, 4) is 11.1 Å². The van der Waals surface area contributed by atoms with Crippen LogP contribution in [0.2, 0.25) is 5.02 Å². The van der Waals surface area contributed by atoms with Gasteiger partial charge in [-0.15, -0.1) is 0 Å². The monoisotopic (exact) mass is 431 g/mol. The Kier molecular flexibility index (Phi) is 4.85. The van der Waals surface area contributed by atoms with Crippen molar-refractivity contribution in [2.24, 2.45) is 5.73 Å². The Hall–Kier alpha value is -3.75. The first-order valence-electron chi connectivity index (χ1n) is 9.67. The Morgan fingerprint density at radius 1 is 1.23 bits per heavy atom. The number of carbonyl (C=O) groups excluding carboxylic acids is 1. The summed E-state index contributed by atoms with van der Waals surface area (Å²) in [4.78, 5) is 17.4. The molecule has 31 heavy (non-hydrogen) atoms. The van der Waals surface area contributed by atoms with E-state index in [-0.39, 0.29) is 12.5 Å². The van der Waals surface area contributed by atoms with Crippen molar-refractivity contribution in [2.45, 2.75) is 6.04 Å². The van der Waals surface area contributed by atoms with Crippen LogP contribution in [0.25, 0.3) is 27.7 Å². The number of hydrogen-bond donors (Lipinski definition) is 3. The lowest BCUT2D eigenvalue weighted by atomic mass is 9.92. The van der Waals surface area contributed by atoms with E-state index in [9.17, 15) is 4.79 Å². The third-order valence-electron chi connectivity index (χ3n) is 5.22. The van der Waals surface area contributed by atoms with E-state index in [1.54, 1.807) is 29.2 Å². The van der Waals surface area contributed by atoms with E-state index in [1.807, 2.05) is 36.4 Å². The smallest absolute Gasteiger partial charge is 0.257 e. The molecule has 8 nitrogen and oxygen atoms in total. The summed E-state index contributed by atoms with van der Waals surface area (Å²) in [6, 6.07) is 12.9. The van der Waals surface area contributed by atoms with Gasteiger partial charge in [0.05, 0.1) is 29.0 Å². The second-order valence-corrected chi connectivity index (χ2v) is 7.46. The van der Waals surface area contributed by atoms with Gasteiger partial charge in [-0.2, -0.15) is 10.2 Å². The van der Waals surface area contributed by atoms with E-state index < -0.39 is 6.04 Å². The van der Waals surface area contributed by atoms with Gasteiger partial charge in [0.2, 0.25) is 0 Å². The minimum absolute atomic E-state index is 0.175. The van der Waals surface area contributed by atoms with Crippen molar-refractivity contribution in [3.63, 3.8) is 0 Å². The molecule has 1 atom stereocenters. The van der Waals surface area contributed by atoms with Crippen molar-refractivity contribution >= 4 is 34.1 Å². The molecule has 0 aliphatic carbocycles. The van der Waals surface area contributed by atoms with Crippen LogP contribution < -0.4 is 11.1 Å². The van der Waals surface area contributed by atoms with Gasteiger partial charge in [0.25, 0.3) is 5.91 Å². The predicted octanol–water partition coefficient (Wildman–Crippen LogP) is 3.36. The summed E-state index contributed by atoms with van der Waals surface area (Å²) >= 11 is 6.54. The molecule has 4 N–H and O–H groups in total. The maximum Gasteiger partial charge on any atom is 0.257 e. The molecule has 9 heteroatoms. The number of fused-ring (bicyclic) bond motifs is 2. The number of rotatable bonds is 5. The summed E-state index contributed by atoms with van der Waals surface area (Å²) < 4.78 is 1.55. The molecule has 1 unspecified atom stereocenters. The highest BCUT2D eigenvalue weighted by Crippen LogP contribution is 2.38. The molecular weight excluding hydrogens is 414 g/mol. The van der Waals surface area contributed by atoms with Gasteiger partial charge < -0.3 is 11.1 Å². The minimum atomic E-state index is -0.494. The van der Waals surface area contributed by atoms with Gasteiger partial charge in [-0.1, -0.05) is 41.9 Å². The fourth-order valence-electron chi connectivity index (χ4n) is 3.77. The Labute approximate surface area is 182 Å². The van der Waals surface area contributed by atoms with E-state index in [4.69, 9.17) is 17.3 Å². The molecule has 3 heterocycles. The first-order valence-corrected chi connectivity index (χ1v) is 10.1. The Morgan fingerprint density at radius 3 is 2.87 bits per heavy atom. The van der Waals surface area contributed by atoms with Crippen LogP contribution in [-0.4, -0.2) is 37.2 Å². The number of halogens is 1. The van der Waals surface area contributed by atoms with Crippen LogP contribution in [0, 0.1) is 0 Å². The Morgan fingerprint density at radius 2 is 2.06 bits per heavy atom. The standard InChI is InChI=1S/C22H18ClN7O/c23-17-9-14(19(13-5-2-1-3-6-13)20-15(17)11-26-29-20)18(10-24)28-22(31)16-12-27-30-8-4-7-25-21(16)30/h1-9,11-12,18H,10,24H2,(H,26,29)(H,28,31). The second-order valence-electron chi connectivity index (χ2n) is 7.06. The third kappa shape index (κ3) is 3.31. The molecule has 5 rings (SSSR count). The summed E-state index contributed by atoms with van der Waals surface area (Å²) in [5, 5.41) is 15.7. The second kappa shape index (κ2) is 7.82. The molecule has 0 bridgehead atoms.